The Morgan fingerprint density at radius 2 is 1.19 bits per heavy atom. The Balaban J connectivity index is 1.18. The largest absolute Gasteiger partial charge is 0.310 e. The van der Waals surface area contributed by atoms with E-state index < -0.39 is 0 Å². The molecule has 0 radical (unpaired) electrons. The lowest BCUT2D eigenvalue weighted by Crippen LogP contribution is -2.11. The van der Waals surface area contributed by atoms with Gasteiger partial charge in [0.2, 0.25) is 0 Å². The maximum atomic E-state index is 4.26. The number of para-hydroxylation sites is 1. The lowest BCUT2D eigenvalue weighted by Gasteiger charge is -2.28. The van der Waals surface area contributed by atoms with Crippen molar-refractivity contribution >= 4 is 51.6 Å². The molecule has 1 heteroatoms. The number of benzene rings is 7. The van der Waals surface area contributed by atoms with Crippen LogP contribution in [0.1, 0.15) is 60.1 Å². The van der Waals surface area contributed by atoms with E-state index in [4.69, 9.17) is 0 Å². The van der Waals surface area contributed by atoms with Crippen LogP contribution in [0.4, 0.5) is 17.1 Å². The summed E-state index contributed by atoms with van der Waals surface area (Å²) in [6.07, 6.45) is 21.9. The Bertz CT molecular complexity index is 2840. The van der Waals surface area contributed by atoms with Crippen LogP contribution in [0.25, 0.3) is 68.0 Å². The van der Waals surface area contributed by atoms with Crippen molar-refractivity contribution in [3.05, 3.63) is 222 Å². The molecule has 286 valence electrons. The third-order valence-electron chi connectivity index (χ3n) is 12.0. The van der Waals surface area contributed by atoms with Crippen LogP contribution in [-0.2, 0) is 12.8 Å². The van der Waals surface area contributed by atoms with Crippen molar-refractivity contribution in [3.63, 3.8) is 0 Å². The first-order chi connectivity index (χ1) is 29.0. The molecular formula is C58H49N. The molecule has 7 aromatic carbocycles. The molecule has 7 aromatic rings. The maximum Gasteiger partial charge on any atom is 0.0540 e. The molecule has 0 spiro atoms. The van der Waals surface area contributed by atoms with Gasteiger partial charge >= 0.3 is 0 Å². The summed E-state index contributed by atoms with van der Waals surface area (Å²) in [5.41, 5.74) is 21.2. The van der Waals surface area contributed by atoms with E-state index in [1.165, 1.54) is 72.0 Å². The van der Waals surface area contributed by atoms with Crippen LogP contribution in [0.3, 0.4) is 0 Å². The lowest BCUT2D eigenvalue weighted by molar-refractivity contribution is 0.906. The quantitative estimate of drug-likeness (QED) is 0.126. The average molecular weight is 760 g/mol. The predicted octanol–water partition coefficient (Wildman–Crippen LogP) is 16.4. The van der Waals surface area contributed by atoms with Gasteiger partial charge in [0.05, 0.1) is 5.69 Å². The summed E-state index contributed by atoms with van der Waals surface area (Å²) in [4.78, 5) is 2.41. The van der Waals surface area contributed by atoms with Gasteiger partial charge in [-0.05, 0) is 160 Å². The van der Waals surface area contributed by atoms with Gasteiger partial charge < -0.3 is 4.90 Å². The Hall–Kier alpha value is -6.96. The molecule has 0 aliphatic heterocycles. The Labute approximate surface area is 350 Å². The summed E-state index contributed by atoms with van der Waals surface area (Å²) < 4.78 is 0. The van der Waals surface area contributed by atoms with Crippen LogP contribution in [-0.4, -0.2) is 0 Å². The fraction of sp³-hybridized carbons (Fsp3) is 0.103. The van der Waals surface area contributed by atoms with Crippen molar-refractivity contribution in [1.29, 1.82) is 0 Å². The molecule has 0 atom stereocenters. The molecule has 0 aromatic heterocycles. The van der Waals surface area contributed by atoms with E-state index in [1.54, 1.807) is 5.56 Å². The monoisotopic (exact) mass is 759 g/mol. The van der Waals surface area contributed by atoms with Crippen molar-refractivity contribution in [3.8, 4) is 33.4 Å². The molecule has 0 saturated heterocycles. The second kappa shape index (κ2) is 16.5. The molecule has 0 N–H and O–H groups in total. The van der Waals surface area contributed by atoms with Crippen LogP contribution in [0, 0.1) is 0 Å². The van der Waals surface area contributed by atoms with Crippen LogP contribution in [0.15, 0.2) is 189 Å². The zero-order valence-corrected chi connectivity index (χ0v) is 34.1. The van der Waals surface area contributed by atoms with Gasteiger partial charge in [0.25, 0.3) is 0 Å². The number of hydrogen-bond acceptors (Lipinski definition) is 1. The molecule has 59 heavy (non-hydrogen) atoms. The van der Waals surface area contributed by atoms with Gasteiger partial charge in [-0.2, -0.15) is 0 Å². The highest BCUT2D eigenvalue weighted by Crippen LogP contribution is 2.44. The molecule has 9 rings (SSSR count). The van der Waals surface area contributed by atoms with Gasteiger partial charge in [-0.15, -0.1) is 0 Å². The molecule has 1 nitrogen and oxygen atoms in total. The summed E-state index contributed by atoms with van der Waals surface area (Å²) >= 11 is 0. The molecule has 0 fully saturated rings. The summed E-state index contributed by atoms with van der Waals surface area (Å²) in [5.74, 6) is 0. The smallest absolute Gasteiger partial charge is 0.0540 e. The van der Waals surface area contributed by atoms with Gasteiger partial charge in [-0.1, -0.05) is 164 Å². The van der Waals surface area contributed by atoms with Gasteiger partial charge in [0.15, 0.2) is 0 Å². The van der Waals surface area contributed by atoms with Crippen molar-refractivity contribution in [2.45, 2.75) is 39.5 Å². The second-order valence-electron chi connectivity index (χ2n) is 15.7. The number of hydrogen-bond donors (Lipinski definition) is 0. The van der Waals surface area contributed by atoms with Gasteiger partial charge in [0.1, 0.15) is 0 Å². The summed E-state index contributed by atoms with van der Waals surface area (Å²) in [6.45, 7) is 12.5. The summed E-state index contributed by atoms with van der Waals surface area (Å²) in [6, 6.07) is 51.3. The van der Waals surface area contributed by atoms with Gasteiger partial charge in [0, 0.05) is 16.9 Å². The zero-order chi connectivity index (χ0) is 40.3. The highest BCUT2D eigenvalue weighted by atomic mass is 15.1. The van der Waals surface area contributed by atoms with Crippen LogP contribution < -0.4 is 4.90 Å². The number of nitrogens with zero attached hydrogens (tertiary/aromatic N) is 1. The van der Waals surface area contributed by atoms with Crippen LogP contribution in [0.2, 0.25) is 0 Å². The second-order valence-corrected chi connectivity index (χ2v) is 15.7. The zero-order valence-electron chi connectivity index (χ0n) is 34.1. The topological polar surface area (TPSA) is 3.24 Å². The van der Waals surface area contributed by atoms with E-state index in [1.807, 2.05) is 18.2 Å². The van der Waals surface area contributed by atoms with Gasteiger partial charge in [-0.3, -0.25) is 0 Å². The fourth-order valence-corrected chi connectivity index (χ4v) is 9.15. The SMILES string of the molecule is C=C/C=C\C(=C(C)C)c1cc(-c2ccc(N(c3ccc(-c4cc5c(c6c4C=CCC6)CCC=C5)cc3)c3ccccc3-c3ccccc3)cc2)c2ccccc2c1C=C. The third kappa shape index (κ3) is 7.15. The molecule has 2 aliphatic carbocycles. The van der Waals surface area contributed by atoms with Crippen molar-refractivity contribution < 1.29 is 0 Å². The van der Waals surface area contributed by atoms with E-state index >= 15 is 0 Å². The Morgan fingerprint density at radius 1 is 0.576 bits per heavy atom. The van der Waals surface area contributed by atoms with Crippen molar-refractivity contribution in [2.24, 2.45) is 0 Å². The standard InChI is InChI=1S/C58H49N/c1-5-7-22-48(40(3)4)57-39-56(53-27-15-13-25-51(53)47(57)6-2)43-32-36-46(37-33-43)59(58-29-18-17-24-50(58)41-19-9-8-10-20-41)45-34-30-42(31-35-45)55-38-44-21-11-12-23-49(44)52-26-14-16-28-54(52)55/h5-11,13,15-22,24-25,27-39H,1-2,12,14,23,26H2,3-4H3/b22-7-. The number of anilines is 3. The first kappa shape index (κ1) is 37.6. The average Bonchev–Trinajstić information content (AvgIpc) is 3.29. The molecule has 0 saturated carbocycles. The van der Waals surface area contributed by atoms with Crippen LogP contribution >= 0.6 is 0 Å². The van der Waals surface area contributed by atoms with Gasteiger partial charge in [-0.25, -0.2) is 0 Å². The Morgan fingerprint density at radius 3 is 1.88 bits per heavy atom. The van der Waals surface area contributed by atoms with E-state index in [0.717, 1.165) is 53.9 Å². The minimum Gasteiger partial charge on any atom is -0.310 e. The molecular weight excluding hydrogens is 711 g/mol. The van der Waals surface area contributed by atoms with E-state index in [-0.39, 0.29) is 0 Å². The van der Waals surface area contributed by atoms with E-state index in [9.17, 15) is 0 Å². The first-order valence-electron chi connectivity index (χ1n) is 20.9. The molecule has 0 bridgehead atoms. The Kier molecular flexibility index (Phi) is 10.5. The minimum atomic E-state index is 1.09. The minimum absolute atomic E-state index is 1.09. The molecule has 0 amide bonds. The van der Waals surface area contributed by atoms with E-state index in [0.29, 0.717) is 0 Å². The number of rotatable bonds is 10. The fourth-order valence-electron chi connectivity index (χ4n) is 9.15. The predicted molar refractivity (Wildman–Crippen MR) is 257 cm³/mol. The van der Waals surface area contributed by atoms with Crippen molar-refractivity contribution in [1.82, 2.24) is 0 Å². The van der Waals surface area contributed by atoms with E-state index in [2.05, 4.69) is 202 Å². The third-order valence-corrected chi connectivity index (χ3v) is 12.0. The maximum absolute atomic E-state index is 4.26. The summed E-state index contributed by atoms with van der Waals surface area (Å²) in [7, 11) is 0. The summed E-state index contributed by atoms with van der Waals surface area (Å²) in [5, 5.41) is 2.39. The molecule has 0 heterocycles. The molecule has 2 aliphatic rings. The van der Waals surface area contributed by atoms with Crippen LogP contribution in [0.5, 0.6) is 0 Å². The number of fused-ring (bicyclic) bond motifs is 4. The highest BCUT2D eigenvalue weighted by molar-refractivity contribution is 6.05. The van der Waals surface area contributed by atoms with Crippen molar-refractivity contribution in [2.75, 3.05) is 4.90 Å². The molecule has 0 unspecified atom stereocenters. The normalized spacial score (nSPS) is 12.9. The highest BCUT2D eigenvalue weighted by Gasteiger charge is 2.22. The lowest BCUT2D eigenvalue weighted by atomic mass is 9.81. The first-order valence-corrected chi connectivity index (χ1v) is 20.9. The number of allylic oxidation sites excluding steroid dienone is 7.